The van der Waals surface area contributed by atoms with Gasteiger partial charge in [-0.05, 0) is 47.7 Å². The van der Waals surface area contributed by atoms with Crippen molar-refractivity contribution >= 4 is 40.8 Å². The van der Waals surface area contributed by atoms with Gasteiger partial charge in [-0.25, -0.2) is 0 Å². The van der Waals surface area contributed by atoms with E-state index in [-0.39, 0.29) is 43.0 Å². The van der Waals surface area contributed by atoms with Gasteiger partial charge >= 0.3 is 0 Å². The molecule has 0 saturated carbocycles. The van der Waals surface area contributed by atoms with Gasteiger partial charge in [0.1, 0.15) is 5.75 Å². The zero-order chi connectivity index (χ0) is 22.2. The maximum absolute atomic E-state index is 12.5. The standard InChI is InChI=1S/C21H21N3O6S/c1-29-15-6-4-14(5-7-15)13-17-20(27)24(21(28)31-17)11-10-22-18(25)8-9-23-19(26)16-3-2-12-30-16/h2-7,12-13H,8-11H2,1H3,(H,22,25)(H,23,26)/b17-13+. The Kier molecular flexibility index (Phi) is 7.50. The first-order valence-corrected chi connectivity index (χ1v) is 10.3. The fourth-order valence-electron chi connectivity index (χ4n) is 2.72. The van der Waals surface area contributed by atoms with Crippen molar-refractivity contribution in [2.24, 2.45) is 0 Å². The van der Waals surface area contributed by atoms with Crippen LogP contribution in [0.4, 0.5) is 4.79 Å². The van der Waals surface area contributed by atoms with Crippen molar-refractivity contribution in [1.29, 1.82) is 0 Å². The highest BCUT2D eigenvalue weighted by Crippen LogP contribution is 2.32. The van der Waals surface area contributed by atoms with Crippen LogP contribution in [0.15, 0.2) is 52.0 Å². The maximum Gasteiger partial charge on any atom is 0.293 e. The zero-order valence-electron chi connectivity index (χ0n) is 16.8. The van der Waals surface area contributed by atoms with Gasteiger partial charge in [0.15, 0.2) is 5.76 Å². The molecule has 2 heterocycles. The third kappa shape index (κ3) is 5.98. The molecule has 1 aromatic heterocycles. The fourth-order valence-corrected chi connectivity index (χ4v) is 3.59. The summed E-state index contributed by atoms with van der Waals surface area (Å²) in [7, 11) is 1.57. The van der Waals surface area contributed by atoms with Crippen LogP contribution in [0.2, 0.25) is 0 Å². The van der Waals surface area contributed by atoms with E-state index in [9.17, 15) is 19.2 Å². The second-order valence-electron chi connectivity index (χ2n) is 6.44. The van der Waals surface area contributed by atoms with E-state index in [1.54, 1.807) is 43.5 Å². The first-order valence-electron chi connectivity index (χ1n) is 9.46. The number of ether oxygens (including phenoxy) is 1. The van der Waals surface area contributed by atoms with Crippen LogP contribution in [0.25, 0.3) is 6.08 Å². The van der Waals surface area contributed by atoms with E-state index in [0.717, 1.165) is 22.2 Å². The van der Waals surface area contributed by atoms with Crippen molar-refractivity contribution in [2.45, 2.75) is 6.42 Å². The summed E-state index contributed by atoms with van der Waals surface area (Å²) in [4.78, 5) is 49.7. The van der Waals surface area contributed by atoms with Crippen LogP contribution in [0.5, 0.6) is 5.75 Å². The highest BCUT2D eigenvalue weighted by Gasteiger charge is 2.34. The third-order valence-corrected chi connectivity index (χ3v) is 5.23. The van der Waals surface area contributed by atoms with Gasteiger partial charge in [-0.2, -0.15) is 0 Å². The number of nitrogens with one attached hydrogen (secondary N) is 2. The van der Waals surface area contributed by atoms with E-state index in [0.29, 0.717) is 10.7 Å². The Bertz CT molecular complexity index is 985. The van der Waals surface area contributed by atoms with Gasteiger partial charge in [-0.15, -0.1) is 0 Å². The van der Waals surface area contributed by atoms with Gasteiger partial charge in [0, 0.05) is 26.1 Å². The minimum Gasteiger partial charge on any atom is -0.497 e. The number of furan rings is 1. The maximum atomic E-state index is 12.5. The second kappa shape index (κ2) is 10.5. The van der Waals surface area contributed by atoms with E-state index >= 15 is 0 Å². The quantitative estimate of drug-likeness (QED) is 0.571. The lowest BCUT2D eigenvalue weighted by molar-refractivity contribution is -0.124. The molecule has 162 valence electrons. The summed E-state index contributed by atoms with van der Waals surface area (Å²) in [5, 5.41) is 4.82. The molecule has 4 amide bonds. The molecule has 1 aliphatic rings. The topological polar surface area (TPSA) is 118 Å². The molecule has 0 spiro atoms. The number of carbonyl (C=O) groups is 4. The summed E-state index contributed by atoms with van der Waals surface area (Å²) >= 11 is 0.859. The summed E-state index contributed by atoms with van der Waals surface area (Å²) in [6.45, 7) is 0.325. The van der Waals surface area contributed by atoms with Crippen molar-refractivity contribution in [3.63, 3.8) is 0 Å². The molecule has 0 aliphatic carbocycles. The van der Waals surface area contributed by atoms with Gasteiger partial charge in [0.2, 0.25) is 5.91 Å². The van der Waals surface area contributed by atoms with Crippen LogP contribution < -0.4 is 15.4 Å². The Morgan fingerprint density at radius 3 is 2.58 bits per heavy atom. The summed E-state index contributed by atoms with van der Waals surface area (Å²) in [6, 6.07) is 10.2. The number of carbonyl (C=O) groups excluding carboxylic acids is 4. The van der Waals surface area contributed by atoms with Crippen LogP contribution >= 0.6 is 11.8 Å². The molecule has 0 atom stereocenters. The number of methoxy groups -OCH3 is 1. The molecular formula is C21H21N3O6S. The molecule has 3 rings (SSSR count). The van der Waals surface area contributed by atoms with Gasteiger partial charge in [0.05, 0.1) is 18.3 Å². The second-order valence-corrected chi connectivity index (χ2v) is 7.43. The molecule has 2 N–H and O–H groups in total. The van der Waals surface area contributed by atoms with Crippen LogP contribution in [0, 0.1) is 0 Å². The van der Waals surface area contributed by atoms with Crippen molar-refractivity contribution < 1.29 is 28.3 Å². The predicted octanol–water partition coefficient (Wildman–Crippen LogP) is 2.26. The average molecular weight is 443 g/mol. The third-order valence-electron chi connectivity index (χ3n) is 4.33. The van der Waals surface area contributed by atoms with Crippen molar-refractivity contribution in [3.05, 3.63) is 58.9 Å². The van der Waals surface area contributed by atoms with E-state index in [2.05, 4.69) is 10.6 Å². The highest BCUT2D eigenvalue weighted by atomic mass is 32.2. The monoisotopic (exact) mass is 443 g/mol. The first kappa shape index (κ1) is 22.2. The number of benzene rings is 1. The predicted molar refractivity (Wildman–Crippen MR) is 114 cm³/mol. The molecule has 0 bridgehead atoms. The Morgan fingerprint density at radius 1 is 1.13 bits per heavy atom. The van der Waals surface area contributed by atoms with E-state index < -0.39 is 11.8 Å². The Labute approximate surface area is 182 Å². The summed E-state index contributed by atoms with van der Waals surface area (Å²) in [6.07, 6.45) is 3.09. The Morgan fingerprint density at radius 2 is 1.90 bits per heavy atom. The van der Waals surface area contributed by atoms with E-state index in [1.807, 2.05) is 0 Å². The molecule has 10 heteroatoms. The van der Waals surface area contributed by atoms with Crippen molar-refractivity contribution in [1.82, 2.24) is 15.5 Å². The minimum atomic E-state index is -0.403. The molecular weight excluding hydrogens is 422 g/mol. The zero-order valence-corrected chi connectivity index (χ0v) is 17.6. The van der Waals surface area contributed by atoms with Crippen LogP contribution in [-0.2, 0) is 9.59 Å². The molecule has 2 aromatic rings. The van der Waals surface area contributed by atoms with Crippen LogP contribution in [-0.4, -0.2) is 54.6 Å². The van der Waals surface area contributed by atoms with Crippen molar-refractivity contribution in [3.8, 4) is 5.75 Å². The SMILES string of the molecule is COc1ccc(/C=C2/SC(=O)N(CCNC(=O)CCNC(=O)c3ccco3)C2=O)cc1. The molecule has 0 radical (unpaired) electrons. The largest absolute Gasteiger partial charge is 0.497 e. The van der Waals surface area contributed by atoms with E-state index in [1.165, 1.54) is 12.3 Å². The van der Waals surface area contributed by atoms with Gasteiger partial charge < -0.3 is 19.8 Å². The van der Waals surface area contributed by atoms with Crippen molar-refractivity contribution in [2.75, 3.05) is 26.7 Å². The molecule has 1 fully saturated rings. The van der Waals surface area contributed by atoms with Gasteiger partial charge in [0.25, 0.3) is 17.1 Å². The number of hydrogen-bond acceptors (Lipinski definition) is 7. The number of hydrogen-bond donors (Lipinski definition) is 2. The first-order chi connectivity index (χ1) is 15.0. The average Bonchev–Trinajstić information content (AvgIpc) is 3.39. The molecule has 9 nitrogen and oxygen atoms in total. The number of rotatable bonds is 9. The number of nitrogens with zero attached hydrogens (tertiary/aromatic N) is 1. The van der Waals surface area contributed by atoms with Gasteiger partial charge in [-0.1, -0.05) is 12.1 Å². The van der Waals surface area contributed by atoms with Gasteiger partial charge in [-0.3, -0.25) is 24.1 Å². The fraction of sp³-hybridized carbons (Fsp3) is 0.238. The molecule has 1 saturated heterocycles. The Hall–Kier alpha value is -3.53. The lowest BCUT2D eigenvalue weighted by Gasteiger charge is -2.13. The normalized spacial score (nSPS) is 14.7. The molecule has 31 heavy (non-hydrogen) atoms. The molecule has 1 aromatic carbocycles. The van der Waals surface area contributed by atoms with Crippen LogP contribution in [0.1, 0.15) is 22.5 Å². The lowest BCUT2D eigenvalue weighted by atomic mass is 10.2. The number of thioether (sulfide) groups is 1. The summed E-state index contributed by atoms with van der Waals surface area (Å²) in [5.74, 6) is -0.241. The highest BCUT2D eigenvalue weighted by molar-refractivity contribution is 8.18. The molecule has 0 unspecified atom stereocenters. The summed E-state index contributed by atoms with van der Waals surface area (Å²) in [5.41, 5.74) is 0.774. The van der Waals surface area contributed by atoms with Crippen LogP contribution in [0.3, 0.4) is 0 Å². The van der Waals surface area contributed by atoms with E-state index in [4.69, 9.17) is 9.15 Å². The summed E-state index contributed by atoms with van der Waals surface area (Å²) < 4.78 is 10.1. The smallest absolute Gasteiger partial charge is 0.293 e. The number of imide groups is 1. The number of amides is 4. The Balaban J connectivity index is 1.42. The lowest BCUT2D eigenvalue weighted by Crippen LogP contribution is -2.38. The molecule has 1 aliphatic heterocycles. The minimum absolute atomic E-state index is 0.0612.